The Morgan fingerprint density at radius 2 is 2.44 bits per heavy atom. The quantitative estimate of drug-likeness (QED) is 0.834. The first kappa shape index (κ1) is 12.4. The minimum atomic E-state index is -0.103. The minimum absolute atomic E-state index is 0.103. The van der Waals surface area contributed by atoms with Crippen molar-refractivity contribution >= 4 is 23.3 Å². The number of hydrogen-bond donors (Lipinski definition) is 1. The highest BCUT2D eigenvalue weighted by molar-refractivity contribution is 7.07. The third-order valence-corrected chi connectivity index (χ3v) is 2.91. The number of carbonyl (C=O) groups excluding carboxylic acids is 1. The van der Waals surface area contributed by atoms with Crippen molar-refractivity contribution in [1.29, 1.82) is 0 Å². The van der Waals surface area contributed by atoms with Crippen molar-refractivity contribution in [3.05, 3.63) is 52.8 Å². The van der Waals surface area contributed by atoms with Crippen molar-refractivity contribution in [2.24, 2.45) is 0 Å². The third kappa shape index (κ3) is 4.10. The Morgan fingerprint density at radius 1 is 1.50 bits per heavy atom. The molecule has 2 heterocycles. The summed E-state index contributed by atoms with van der Waals surface area (Å²) >= 11 is 1.56. The molecule has 0 saturated carbocycles. The summed E-state index contributed by atoms with van der Waals surface area (Å²) in [5.41, 5.74) is 3.71. The summed E-state index contributed by atoms with van der Waals surface area (Å²) in [6.45, 7) is 0.597. The van der Waals surface area contributed by atoms with E-state index in [0.717, 1.165) is 17.7 Å². The maximum absolute atomic E-state index is 11.5. The second kappa shape index (κ2) is 6.66. The molecule has 0 spiro atoms. The number of rotatable bonds is 5. The Morgan fingerprint density at radius 3 is 3.17 bits per heavy atom. The van der Waals surface area contributed by atoms with Crippen LogP contribution in [0.4, 0.5) is 0 Å². The van der Waals surface area contributed by atoms with Gasteiger partial charge in [-0.2, -0.15) is 0 Å². The van der Waals surface area contributed by atoms with Crippen LogP contribution in [0, 0.1) is 0 Å². The van der Waals surface area contributed by atoms with E-state index in [1.54, 1.807) is 35.3 Å². The zero-order valence-corrected chi connectivity index (χ0v) is 10.6. The Bertz CT molecular complexity index is 508. The van der Waals surface area contributed by atoms with Gasteiger partial charge in [0, 0.05) is 36.8 Å². The van der Waals surface area contributed by atoms with E-state index in [-0.39, 0.29) is 5.91 Å². The molecule has 0 aliphatic carbocycles. The molecule has 0 bridgehead atoms. The molecular formula is C13H13N3OS. The summed E-state index contributed by atoms with van der Waals surface area (Å²) < 4.78 is 0. The van der Waals surface area contributed by atoms with Crippen LogP contribution in [-0.2, 0) is 11.2 Å². The van der Waals surface area contributed by atoms with Crippen LogP contribution in [-0.4, -0.2) is 22.4 Å². The van der Waals surface area contributed by atoms with Crippen LogP contribution in [0.2, 0.25) is 0 Å². The summed E-state index contributed by atoms with van der Waals surface area (Å²) in [5, 5.41) is 4.79. The van der Waals surface area contributed by atoms with Crippen molar-refractivity contribution in [2.45, 2.75) is 6.42 Å². The van der Waals surface area contributed by atoms with Crippen LogP contribution < -0.4 is 5.32 Å². The Hall–Kier alpha value is -2.01. The second-order valence-electron chi connectivity index (χ2n) is 3.64. The van der Waals surface area contributed by atoms with Crippen molar-refractivity contribution in [1.82, 2.24) is 15.3 Å². The summed E-state index contributed by atoms with van der Waals surface area (Å²) in [7, 11) is 0. The molecule has 18 heavy (non-hydrogen) atoms. The van der Waals surface area contributed by atoms with Gasteiger partial charge >= 0.3 is 0 Å². The molecule has 2 rings (SSSR count). The van der Waals surface area contributed by atoms with E-state index in [0.29, 0.717) is 6.54 Å². The average Bonchev–Trinajstić information content (AvgIpc) is 2.91. The van der Waals surface area contributed by atoms with E-state index < -0.39 is 0 Å². The van der Waals surface area contributed by atoms with Gasteiger partial charge in [0.2, 0.25) is 5.91 Å². The lowest BCUT2D eigenvalue weighted by atomic mass is 10.2. The van der Waals surface area contributed by atoms with Crippen molar-refractivity contribution in [2.75, 3.05) is 6.54 Å². The molecule has 2 aromatic heterocycles. The van der Waals surface area contributed by atoms with E-state index in [2.05, 4.69) is 15.3 Å². The molecule has 0 aromatic carbocycles. The van der Waals surface area contributed by atoms with Gasteiger partial charge in [-0.05, 0) is 17.7 Å². The SMILES string of the molecule is O=C(C=Cc1cccnc1)NCCc1cscn1. The zero-order valence-electron chi connectivity index (χ0n) is 9.74. The molecule has 1 amide bonds. The van der Waals surface area contributed by atoms with E-state index in [9.17, 15) is 4.79 Å². The number of carbonyl (C=O) groups is 1. The zero-order chi connectivity index (χ0) is 12.6. The van der Waals surface area contributed by atoms with Crippen LogP contribution in [0.25, 0.3) is 6.08 Å². The van der Waals surface area contributed by atoms with Crippen LogP contribution in [0.3, 0.4) is 0 Å². The van der Waals surface area contributed by atoms with Crippen molar-refractivity contribution in [3.63, 3.8) is 0 Å². The molecule has 0 aliphatic heterocycles. The number of thiazole rings is 1. The van der Waals surface area contributed by atoms with Gasteiger partial charge in [-0.15, -0.1) is 11.3 Å². The highest BCUT2D eigenvalue weighted by Crippen LogP contribution is 2.01. The molecule has 0 atom stereocenters. The molecule has 0 radical (unpaired) electrons. The molecule has 0 unspecified atom stereocenters. The maximum Gasteiger partial charge on any atom is 0.244 e. The average molecular weight is 259 g/mol. The minimum Gasteiger partial charge on any atom is -0.352 e. The summed E-state index contributed by atoms with van der Waals surface area (Å²) in [6.07, 6.45) is 7.42. The number of hydrogen-bond acceptors (Lipinski definition) is 4. The van der Waals surface area contributed by atoms with Crippen LogP contribution in [0.1, 0.15) is 11.3 Å². The fourth-order valence-electron chi connectivity index (χ4n) is 1.38. The second-order valence-corrected chi connectivity index (χ2v) is 4.36. The molecule has 2 aromatic rings. The van der Waals surface area contributed by atoms with Crippen molar-refractivity contribution < 1.29 is 4.79 Å². The standard InChI is InChI=1S/C13H13N3OS/c17-13(4-3-11-2-1-6-14-8-11)15-7-5-12-9-18-10-16-12/h1-4,6,8-10H,5,7H2,(H,15,17). The number of aromatic nitrogens is 2. The summed E-state index contributed by atoms with van der Waals surface area (Å²) in [5.74, 6) is -0.103. The molecule has 0 aliphatic rings. The Labute approximate surface area is 109 Å². The first-order chi connectivity index (χ1) is 8.84. The van der Waals surface area contributed by atoms with Gasteiger partial charge in [0.15, 0.2) is 0 Å². The topological polar surface area (TPSA) is 54.9 Å². The van der Waals surface area contributed by atoms with E-state index in [1.807, 2.05) is 17.5 Å². The molecule has 5 heteroatoms. The molecule has 1 N–H and O–H groups in total. The normalized spacial score (nSPS) is 10.7. The number of amides is 1. The van der Waals surface area contributed by atoms with Gasteiger partial charge in [0.1, 0.15) is 0 Å². The van der Waals surface area contributed by atoms with Crippen LogP contribution >= 0.6 is 11.3 Å². The van der Waals surface area contributed by atoms with Gasteiger partial charge in [-0.25, -0.2) is 4.98 Å². The third-order valence-electron chi connectivity index (χ3n) is 2.28. The first-order valence-electron chi connectivity index (χ1n) is 5.57. The van der Waals surface area contributed by atoms with E-state index >= 15 is 0 Å². The number of nitrogens with one attached hydrogen (secondary N) is 1. The Balaban J connectivity index is 1.74. The maximum atomic E-state index is 11.5. The molecule has 92 valence electrons. The number of pyridine rings is 1. The lowest BCUT2D eigenvalue weighted by Crippen LogP contribution is -2.23. The lowest BCUT2D eigenvalue weighted by molar-refractivity contribution is -0.116. The Kier molecular flexibility index (Phi) is 4.60. The van der Waals surface area contributed by atoms with Crippen molar-refractivity contribution in [3.8, 4) is 0 Å². The monoisotopic (exact) mass is 259 g/mol. The van der Waals surface area contributed by atoms with E-state index in [1.165, 1.54) is 6.08 Å². The lowest BCUT2D eigenvalue weighted by Gasteiger charge is -1.99. The molecule has 0 fully saturated rings. The van der Waals surface area contributed by atoms with E-state index in [4.69, 9.17) is 0 Å². The van der Waals surface area contributed by atoms with Gasteiger partial charge in [0.05, 0.1) is 11.2 Å². The highest BCUT2D eigenvalue weighted by atomic mass is 32.1. The summed E-state index contributed by atoms with van der Waals surface area (Å²) in [4.78, 5) is 19.6. The van der Waals surface area contributed by atoms with Crippen LogP contribution in [0.15, 0.2) is 41.5 Å². The van der Waals surface area contributed by atoms with Gasteiger partial charge < -0.3 is 5.32 Å². The molecule has 4 nitrogen and oxygen atoms in total. The smallest absolute Gasteiger partial charge is 0.244 e. The highest BCUT2D eigenvalue weighted by Gasteiger charge is 1.97. The fourth-order valence-corrected chi connectivity index (χ4v) is 1.97. The largest absolute Gasteiger partial charge is 0.352 e. The van der Waals surface area contributed by atoms with Gasteiger partial charge in [-0.3, -0.25) is 9.78 Å². The predicted molar refractivity (Wildman–Crippen MR) is 72.1 cm³/mol. The van der Waals surface area contributed by atoms with Gasteiger partial charge in [-0.1, -0.05) is 6.07 Å². The first-order valence-corrected chi connectivity index (χ1v) is 6.52. The van der Waals surface area contributed by atoms with Crippen LogP contribution in [0.5, 0.6) is 0 Å². The molecular weight excluding hydrogens is 246 g/mol. The fraction of sp³-hybridized carbons (Fsp3) is 0.154. The molecule has 0 saturated heterocycles. The number of nitrogens with zero attached hydrogens (tertiary/aromatic N) is 2. The predicted octanol–water partition coefficient (Wildman–Crippen LogP) is 1.91. The van der Waals surface area contributed by atoms with Gasteiger partial charge in [0.25, 0.3) is 0 Å². The summed E-state index contributed by atoms with van der Waals surface area (Å²) in [6, 6.07) is 3.73.